The Kier molecular flexibility index (Phi) is 3.71. The molecular weight excluding hydrogens is 268 g/mol. The van der Waals surface area contributed by atoms with Gasteiger partial charge in [-0.15, -0.1) is 0 Å². The van der Waals surface area contributed by atoms with Gasteiger partial charge in [0, 0.05) is 19.2 Å². The lowest BCUT2D eigenvalue weighted by Crippen LogP contribution is -2.02. The molecular formula is C14H11ClO4. The third kappa shape index (κ3) is 3.03. The quantitative estimate of drug-likeness (QED) is 0.624. The van der Waals surface area contributed by atoms with Gasteiger partial charge in [-0.1, -0.05) is 17.7 Å². The Morgan fingerprint density at radius 1 is 1.00 bits per heavy atom. The molecule has 0 fully saturated rings. The molecule has 0 aliphatic rings. The zero-order valence-corrected chi connectivity index (χ0v) is 11.2. The van der Waals surface area contributed by atoms with E-state index in [0.29, 0.717) is 16.5 Å². The van der Waals surface area contributed by atoms with Gasteiger partial charge in [0.25, 0.3) is 0 Å². The topological polar surface area (TPSA) is 52.6 Å². The van der Waals surface area contributed by atoms with Gasteiger partial charge in [0.2, 0.25) is 0 Å². The zero-order valence-electron chi connectivity index (χ0n) is 10.4. The van der Waals surface area contributed by atoms with E-state index in [9.17, 15) is 9.59 Å². The van der Waals surface area contributed by atoms with Crippen molar-refractivity contribution in [3.63, 3.8) is 0 Å². The second-order valence-electron chi connectivity index (χ2n) is 3.95. The van der Waals surface area contributed by atoms with Crippen molar-refractivity contribution in [2.45, 2.75) is 13.8 Å². The maximum Gasteiger partial charge on any atom is 0.308 e. The Morgan fingerprint density at radius 2 is 1.68 bits per heavy atom. The van der Waals surface area contributed by atoms with Crippen molar-refractivity contribution < 1.29 is 19.1 Å². The third-order valence-electron chi connectivity index (χ3n) is 2.41. The molecule has 0 amide bonds. The smallest absolute Gasteiger partial charge is 0.308 e. The average molecular weight is 279 g/mol. The fourth-order valence-corrected chi connectivity index (χ4v) is 1.99. The summed E-state index contributed by atoms with van der Waals surface area (Å²) in [6.45, 7) is 2.64. The van der Waals surface area contributed by atoms with Gasteiger partial charge in [0.15, 0.2) is 0 Å². The number of carbonyl (C=O) groups is 2. The van der Waals surface area contributed by atoms with Crippen molar-refractivity contribution >= 4 is 34.3 Å². The molecule has 0 saturated carbocycles. The first kappa shape index (κ1) is 13.4. The summed E-state index contributed by atoms with van der Waals surface area (Å²) in [5.74, 6) is -0.0713. The minimum atomic E-state index is -0.433. The number of benzene rings is 2. The number of esters is 2. The van der Waals surface area contributed by atoms with E-state index in [1.54, 1.807) is 30.3 Å². The van der Waals surface area contributed by atoms with E-state index in [0.717, 1.165) is 10.8 Å². The minimum absolute atomic E-state index is 0.307. The maximum atomic E-state index is 10.9. The van der Waals surface area contributed by atoms with Crippen LogP contribution < -0.4 is 9.47 Å². The average Bonchev–Trinajstić information content (AvgIpc) is 2.31. The van der Waals surface area contributed by atoms with Crippen LogP contribution in [-0.2, 0) is 9.59 Å². The normalized spacial score (nSPS) is 10.3. The van der Waals surface area contributed by atoms with Crippen molar-refractivity contribution in [3.8, 4) is 11.5 Å². The molecule has 0 bridgehead atoms. The molecule has 0 atom stereocenters. The van der Waals surface area contributed by atoms with Crippen molar-refractivity contribution in [1.29, 1.82) is 0 Å². The highest BCUT2D eigenvalue weighted by atomic mass is 35.5. The highest BCUT2D eigenvalue weighted by molar-refractivity contribution is 6.37. The van der Waals surface area contributed by atoms with Crippen molar-refractivity contribution in [2.24, 2.45) is 0 Å². The van der Waals surface area contributed by atoms with Gasteiger partial charge < -0.3 is 9.47 Å². The molecule has 0 unspecified atom stereocenters. The first-order chi connectivity index (χ1) is 8.97. The number of rotatable bonds is 2. The summed E-state index contributed by atoms with van der Waals surface area (Å²) in [5.41, 5.74) is 0. The highest BCUT2D eigenvalue weighted by Crippen LogP contribution is 2.34. The molecule has 4 nitrogen and oxygen atoms in total. The van der Waals surface area contributed by atoms with E-state index in [-0.39, 0.29) is 5.97 Å². The molecule has 0 aliphatic carbocycles. The van der Waals surface area contributed by atoms with Gasteiger partial charge >= 0.3 is 11.9 Å². The second-order valence-corrected chi connectivity index (χ2v) is 4.33. The van der Waals surface area contributed by atoms with Crippen molar-refractivity contribution in [3.05, 3.63) is 35.4 Å². The number of hydrogen-bond donors (Lipinski definition) is 0. The van der Waals surface area contributed by atoms with Gasteiger partial charge in [-0.05, 0) is 29.7 Å². The third-order valence-corrected chi connectivity index (χ3v) is 2.80. The van der Waals surface area contributed by atoms with Crippen LogP contribution in [0, 0.1) is 0 Å². The van der Waals surface area contributed by atoms with Crippen LogP contribution in [0.1, 0.15) is 13.8 Å². The van der Waals surface area contributed by atoms with E-state index in [4.69, 9.17) is 21.1 Å². The Balaban J connectivity index is 2.47. The van der Waals surface area contributed by atoms with Gasteiger partial charge in [0.1, 0.15) is 11.5 Å². The van der Waals surface area contributed by atoms with Gasteiger partial charge in [-0.3, -0.25) is 9.59 Å². The molecule has 0 saturated heterocycles. The molecule has 2 aromatic carbocycles. The van der Waals surface area contributed by atoms with E-state index in [2.05, 4.69) is 0 Å². The number of hydrogen-bond acceptors (Lipinski definition) is 4. The van der Waals surface area contributed by atoms with E-state index < -0.39 is 5.97 Å². The fraction of sp³-hybridized carbons (Fsp3) is 0.143. The minimum Gasteiger partial charge on any atom is -0.427 e. The summed E-state index contributed by atoms with van der Waals surface area (Å²) in [6, 6.07) is 8.38. The monoisotopic (exact) mass is 278 g/mol. The summed E-state index contributed by atoms with van der Waals surface area (Å²) < 4.78 is 9.98. The molecule has 0 aromatic heterocycles. The SMILES string of the molecule is CC(=O)Oc1ccc2c(Cl)c(OC(C)=O)ccc2c1. The fourth-order valence-electron chi connectivity index (χ4n) is 1.71. The number of fused-ring (bicyclic) bond motifs is 1. The largest absolute Gasteiger partial charge is 0.427 e. The van der Waals surface area contributed by atoms with Crippen LogP contribution in [0.25, 0.3) is 10.8 Å². The molecule has 0 heterocycles. The van der Waals surface area contributed by atoms with Crippen molar-refractivity contribution in [1.82, 2.24) is 0 Å². The molecule has 2 rings (SSSR count). The first-order valence-electron chi connectivity index (χ1n) is 5.56. The number of ether oxygens (including phenoxy) is 2. The van der Waals surface area contributed by atoms with Crippen molar-refractivity contribution in [2.75, 3.05) is 0 Å². The van der Waals surface area contributed by atoms with Crippen LogP contribution in [0.2, 0.25) is 5.02 Å². The van der Waals surface area contributed by atoms with Gasteiger partial charge in [-0.2, -0.15) is 0 Å². The van der Waals surface area contributed by atoms with E-state index in [1.807, 2.05) is 0 Å². The Labute approximate surface area is 114 Å². The Bertz CT molecular complexity index is 664. The molecule has 19 heavy (non-hydrogen) atoms. The summed E-state index contributed by atoms with van der Waals surface area (Å²) in [5, 5.41) is 1.86. The van der Waals surface area contributed by atoms with Crippen LogP contribution in [0.5, 0.6) is 11.5 Å². The lowest BCUT2D eigenvalue weighted by Gasteiger charge is -2.08. The molecule has 0 spiro atoms. The highest BCUT2D eigenvalue weighted by Gasteiger charge is 2.10. The van der Waals surface area contributed by atoms with Gasteiger partial charge in [-0.25, -0.2) is 0 Å². The Morgan fingerprint density at radius 3 is 2.32 bits per heavy atom. The number of carbonyl (C=O) groups excluding carboxylic acids is 2. The van der Waals surface area contributed by atoms with Crippen LogP contribution in [-0.4, -0.2) is 11.9 Å². The van der Waals surface area contributed by atoms with Crippen LogP contribution in [0.4, 0.5) is 0 Å². The standard InChI is InChI=1S/C14H11ClO4/c1-8(16)18-11-4-5-12-10(7-11)3-6-13(14(12)15)19-9(2)17/h3-7H,1-2H3. The molecule has 98 valence electrons. The lowest BCUT2D eigenvalue weighted by atomic mass is 10.1. The molecule has 2 aromatic rings. The Hall–Kier alpha value is -2.07. The van der Waals surface area contributed by atoms with Crippen LogP contribution in [0.15, 0.2) is 30.3 Å². The lowest BCUT2D eigenvalue weighted by molar-refractivity contribution is -0.132. The molecule has 0 radical (unpaired) electrons. The van der Waals surface area contributed by atoms with Crippen LogP contribution in [0.3, 0.4) is 0 Å². The molecule has 5 heteroatoms. The summed E-state index contributed by atoms with van der Waals surface area (Å²) in [6.07, 6.45) is 0. The van der Waals surface area contributed by atoms with Crippen LogP contribution >= 0.6 is 11.6 Å². The predicted molar refractivity (Wildman–Crippen MR) is 71.6 cm³/mol. The van der Waals surface area contributed by atoms with E-state index >= 15 is 0 Å². The predicted octanol–water partition coefficient (Wildman–Crippen LogP) is 3.34. The van der Waals surface area contributed by atoms with E-state index in [1.165, 1.54) is 13.8 Å². The van der Waals surface area contributed by atoms with Gasteiger partial charge in [0.05, 0.1) is 5.02 Å². The zero-order chi connectivity index (χ0) is 14.0. The molecule has 0 aliphatic heterocycles. The molecule has 0 N–H and O–H groups in total. The first-order valence-corrected chi connectivity index (χ1v) is 5.94. The second kappa shape index (κ2) is 5.28. The summed E-state index contributed by atoms with van der Waals surface area (Å²) in [7, 11) is 0. The number of halogens is 1. The summed E-state index contributed by atoms with van der Waals surface area (Å²) in [4.78, 5) is 21.8. The summed E-state index contributed by atoms with van der Waals surface area (Å²) >= 11 is 6.16. The maximum absolute atomic E-state index is 10.9.